The van der Waals surface area contributed by atoms with Crippen molar-refractivity contribution in [2.45, 2.75) is 11.8 Å². The van der Waals surface area contributed by atoms with E-state index in [-0.39, 0.29) is 19.0 Å². The van der Waals surface area contributed by atoms with Crippen molar-refractivity contribution in [1.82, 2.24) is 0 Å². The minimum Gasteiger partial charge on any atom is -0.497 e. The van der Waals surface area contributed by atoms with Gasteiger partial charge in [-0.25, -0.2) is 4.99 Å². The average Bonchev–Trinajstić information content (AvgIpc) is 2.88. The Kier molecular flexibility index (Phi) is 3.05. The molecule has 2 fully saturated rings. The summed E-state index contributed by atoms with van der Waals surface area (Å²) < 4.78 is 22.1. The highest BCUT2D eigenvalue weighted by molar-refractivity contribution is 6.00. The number of rotatable bonds is 3. The molecule has 1 aromatic rings. The first-order valence-electron chi connectivity index (χ1n) is 7.75. The summed E-state index contributed by atoms with van der Waals surface area (Å²) in [6, 6.07) is 9.68. The highest BCUT2D eigenvalue weighted by Gasteiger charge is 2.94. The average molecular weight is 340 g/mol. The Balaban J connectivity index is 1.92. The molecule has 2 N–H and O–H groups in total. The topological polar surface area (TPSA) is 123 Å². The number of nitrogens with two attached hydrogens (primary N) is 1. The number of benzene rings is 1. The van der Waals surface area contributed by atoms with E-state index >= 15 is 0 Å². The predicted octanol–water partition coefficient (Wildman–Crippen LogP) is 0.892. The van der Waals surface area contributed by atoms with Gasteiger partial charge in [0.15, 0.2) is 5.41 Å². The number of aliphatic imine (C=N–C) groups is 1. The number of hydrogen-bond acceptors (Lipinski definition) is 8. The molecule has 128 valence electrons. The summed E-state index contributed by atoms with van der Waals surface area (Å²) in [5.74, 6) is -0.957. The molecule has 2 heterocycles. The molecule has 3 aliphatic rings. The van der Waals surface area contributed by atoms with Crippen LogP contribution in [0, 0.1) is 33.5 Å². The molecule has 25 heavy (non-hydrogen) atoms. The lowest BCUT2D eigenvalue weighted by Gasteiger charge is -2.26. The van der Waals surface area contributed by atoms with Gasteiger partial charge in [0.25, 0.3) is 5.91 Å². The van der Waals surface area contributed by atoms with Crippen molar-refractivity contribution in [3.63, 3.8) is 0 Å². The smallest absolute Gasteiger partial charge is 0.293 e. The number of ether oxygens (including phenoxy) is 4. The number of nitrogens with zero attached hydrogens (tertiary/aromatic N) is 3. The standard InChI is InChI=1S/C17H16N4O4/c1-22-10-3-4-11(12(7-10)23-2)13-15(8-18)14(20)21-17(16(13,15)9-19)24-5-6-25-17/h3-4,7,13H,5-6H2,1-2H3,(H2,20,21). The van der Waals surface area contributed by atoms with Gasteiger partial charge >= 0.3 is 0 Å². The molecule has 8 heteroatoms. The first kappa shape index (κ1) is 15.7. The first-order chi connectivity index (χ1) is 12.1. The van der Waals surface area contributed by atoms with Gasteiger partial charge in [-0.1, -0.05) is 6.07 Å². The van der Waals surface area contributed by atoms with E-state index in [4.69, 9.17) is 24.7 Å². The van der Waals surface area contributed by atoms with E-state index in [2.05, 4.69) is 17.1 Å². The number of fused-ring (bicyclic) bond motifs is 2. The maximum Gasteiger partial charge on any atom is 0.293 e. The molecule has 2 aliphatic heterocycles. The van der Waals surface area contributed by atoms with E-state index in [9.17, 15) is 10.5 Å². The van der Waals surface area contributed by atoms with E-state index in [1.807, 2.05) is 0 Å². The van der Waals surface area contributed by atoms with Gasteiger partial charge in [0.2, 0.25) is 0 Å². The van der Waals surface area contributed by atoms with Gasteiger partial charge in [-0.3, -0.25) is 0 Å². The van der Waals surface area contributed by atoms with Gasteiger partial charge in [0, 0.05) is 17.5 Å². The minimum atomic E-state index is -1.54. The normalized spacial score (nSPS) is 33.9. The lowest BCUT2D eigenvalue weighted by Crippen LogP contribution is -2.38. The Morgan fingerprint density at radius 3 is 2.48 bits per heavy atom. The van der Waals surface area contributed by atoms with Gasteiger partial charge in [-0.15, -0.1) is 0 Å². The van der Waals surface area contributed by atoms with Crippen molar-refractivity contribution in [2.75, 3.05) is 27.4 Å². The van der Waals surface area contributed by atoms with Crippen LogP contribution in [0.5, 0.6) is 11.5 Å². The van der Waals surface area contributed by atoms with E-state index in [1.165, 1.54) is 7.11 Å². The van der Waals surface area contributed by atoms with Crippen LogP contribution in [0.1, 0.15) is 11.5 Å². The quantitative estimate of drug-likeness (QED) is 0.866. The van der Waals surface area contributed by atoms with Crippen LogP contribution in [0.15, 0.2) is 23.2 Å². The Morgan fingerprint density at radius 2 is 1.92 bits per heavy atom. The molecule has 1 saturated heterocycles. The molecule has 4 rings (SSSR count). The van der Waals surface area contributed by atoms with Crippen molar-refractivity contribution >= 4 is 5.84 Å². The fourth-order valence-electron chi connectivity index (χ4n) is 4.24. The van der Waals surface area contributed by atoms with Gasteiger partial charge in [-0.2, -0.15) is 10.5 Å². The second kappa shape index (κ2) is 4.85. The van der Waals surface area contributed by atoms with E-state index in [0.29, 0.717) is 17.1 Å². The van der Waals surface area contributed by atoms with Crippen molar-refractivity contribution in [2.24, 2.45) is 21.6 Å². The van der Waals surface area contributed by atoms with Crippen molar-refractivity contribution in [3.05, 3.63) is 23.8 Å². The fourth-order valence-corrected chi connectivity index (χ4v) is 4.24. The van der Waals surface area contributed by atoms with Crippen molar-refractivity contribution in [1.29, 1.82) is 10.5 Å². The lowest BCUT2D eigenvalue weighted by atomic mass is 9.93. The summed E-state index contributed by atoms with van der Waals surface area (Å²) in [6.45, 7) is 0.572. The Bertz CT molecular complexity index is 864. The van der Waals surface area contributed by atoms with Crippen molar-refractivity contribution in [3.8, 4) is 23.6 Å². The highest BCUT2D eigenvalue weighted by Crippen LogP contribution is 2.83. The van der Waals surface area contributed by atoms with Gasteiger partial charge in [0.1, 0.15) is 22.7 Å². The van der Waals surface area contributed by atoms with Crippen LogP contribution in [-0.4, -0.2) is 39.2 Å². The summed E-state index contributed by atoms with van der Waals surface area (Å²) in [7, 11) is 3.07. The van der Waals surface area contributed by atoms with Crippen LogP contribution in [-0.2, 0) is 9.47 Å². The number of amidine groups is 1. The SMILES string of the molecule is COc1ccc(C2C3(C#N)C(N)=NC4(OCCO4)C23C#N)c(OC)c1. The van der Waals surface area contributed by atoms with Crippen LogP contribution >= 0.6 is 0 Å². The minimum absolute atomic E-state index is 0.0568. The third kappa shape index (κ3) is 1.50. The molecule has 0 radical (unpaired) electrons. The number of nitriles is 2. The molecule has 8 nitrogen and oxygen atoms in total. The molecule has 0 aromatic heterocycles. The predicted molar refractivity (Wildman–Crippen MR) is 84.6 cm³/mol. The third-order valence-corrected chi connectivity index (χ3v) is 5.36. The van der Waals surface area contributed by atoms with E-state index in [0.717, 1.165) is 0 Å². The zero-order chi connectivity index (χ0) is 17.9. The second-order valence-electron chi connectivity index (χ2n) is 6.16. The first-order valence-corrected chi connectivity index (χ1v) is 7.75. The van der Waals surface area contributed by atoms with Gasteiger partial charge < -0.3 is 24.7 Å². The molecular formula is C17H16N4O4. The molecule has 3 unspecified atom stereocenters. The van der Waals surface area contributed by atoms with Crippen LogP contribution in [0.25, 0.3) is 0 Å². The lowest BCUT2D eigenvalue weighted by molar-refractivity contribution is -0.184. The molecule has 1 aromatic carbocycles. The highest BCUT2D eigenvalue weighted by atomic mass is 16.8. The van der Waals surface area contributed by atoms with Crippen molar-refractivity contribution < 1.29 is 18.9 Å². The van der Waals surface area contributed by atoms with Crippen LogP contribution in [0.2, 0.25) is 0 Å². The van der Waals surface area contributed by atoms with Crippen LogP contribution < -0.4 is 15.2 Å². The molecule has 1 aliphatic carbocycles. The maximum absolute atomic E-state index is 10.0. The van der Waals surface area contributed by atoms with Gasteiger partial charge in [0.05, 0.1) is 39.6 Å². The van der Waals surface area contributed by atoms with Crippen LogP contribution in [0.3, 0.4) is 0 Å². The second-order valence-corrected chi connectivity index (χ2v) is 6.16. The largest absolute Gasteiger partial charge is 0.497 e. The number of hydrogen-bond donors (Lipinski definition) is 1. The van der Waals surface area contributed by atoms with E-state index < -0.39 is 22.7 Å². The Morgan fingerprint density at radius 1 is 1.20 bits per heavy atom. The summed E-state index contributed by atoms with van der Waals surface area (Å²) in [6.07, 6.45) is 0. The summed E-state index contributed by atoms with van der Waals surface area (Å²) in [5, 5.41) is 20.0. The molecule has 3 atom stereocenters. The van der Waals surface area contributed by atoms with Gasteiger partial charge in [-0.05, 0) is 6.07 Å². The zero-order valence-corrected chi connectivity index (χ0v) is 13.8. The molecule has 1 saturated carbocycles. The monoisotopic (exact) mass is 340 g/mol. The molecule has 1 spiro atoms. The fraction of sp³-hybridized carbons (Fsp3) is 0.471. The Hall–Kier alpha value is -2.81. The maximum atomic E-state index is 10.0. The molecular weight excluding hydrogens is 324 g/mol. The summed E-state index contributed by atoms with van der Waals surface area (Å²) in [5.41, 5.74) is 4.11. The third-order valence-electron chi connectivity index (χ3n) is 5.36. The zero-order valence-electron chi connectivity index (χ0n) is 13.8. The van der Waals surface area contributed by atoms with E-state index in [1.54, 1.807) is 25.3 Å². The molecule has 0 bridgehead atoms. The summed E-state index contributed by atoms with van der Waals surface area (Å²) >= 11 is 0. The van der Waals surface area contributed by atoms with Crippen LogP contribution in [0.4, 0.5) is 0 Å². The summed E-state index contributed by atoms with van der Waals surface area (Å²) in [4.78, 5) is 4.24. The Labute approximate surface area is 144 Å². The number of methoxy groups -OCH3 is 2. The molecule has 0 amide bonds.